The highest BCUT2D eigenvalue weighted by Crippen LogP contribution is 2.41. The lowest BCUT2D eigenvalue weighted by Gasteiger charge is -2.30. The zero-order valence-corrected chi connectivity index (χ0v) is 16.3. The number of hydrogen-bond donors (Lipinski definition) is 1. The van der Waals surface area contributed by atoms with Crippen molar-refractivity contribution in [2.75, 3.05) is 0 Å². The Hall–Kier alpha value is -0.980. The molecule has 1 N–H and O–H groups in total. The molecule has 1 aromatic carbocycles. The molecule has 130 valence electrons. The Balaban J connectivity index is 2.36. The van der Waals surface area contributed by atoms with Crippen LogP contribution in [0.3, 0.4) is 0 Å². The van der Waals surface area contributed by atoms with Gasteiger partial charge in [-0.3, -0.25) is 0 Å². The topological polar surface area (TPSA) is 20.2 Å². The van der Waals surface area contributed by atoms with Crippen LogP contribution >= 0.6 is 0 Å². The second-order valence-electron chi connectivity index (χ2n) is 9.87. The predicted molar refractivity (Wildman–Crippen MR) is 100 cm³/mol. The van der Waals surface area contributed by atoms with E-state index in [1.54, 1.807) is 0 Å². The molecule has 0 spiro atoms. The number of rotatable bonds is 2. The van der Waals surface area contributed by atoms with Crippen molar-refractivity contribution in [2.24, 2.45) is 11.8 Å². The van der Waals surface area contributed by atoms with Crippen molar-refractivity contribution >= 4 is 0 Å². The summed E-state index contributed by atoms with van der Waals surface area (Å²) in [7, 11) is 0. The highest BCUT2D eigenvalue weighted by molar-refractivity contribution is 5.50. The van der Waals surface area contributed by atoms with Crippen LogP contribution < -0.4 is 0 Å². The Bertz CT molecular complexity index is 499. The third kappa shape index (κ3) is 4.52. The van der Waals surface area contributed by atoms with Gasteiger partial charge in [-0.1, -0.05) is 73.4 Å². The van der Waals surface area contributed by atoms with Gasteiger partial charge in [-0.05, 0) is 58.6 Å². The van der Waals surface area contributed by atoms with Gasteiger partial charge in [0.25, 0.3) is 0 Å². The van der Waals surface area contributed by atoms with Crippen LogP contribution in [0.15, 0.2) is 12.1 Å². The van der Waals surface area contributed by atoms with Crippen LogP contribution in [0.2, 0.25) is 0 Å². The molecule has 0 heterocycles. The molecule has 0 saturated heterocycles. The third-order valence-electron chi connectivity index (χ3n) is 5.45. The summed E-state index contributed by atoms with van der Waals surface area (Å²) >= 11 is 0. The second-order valence-corrected chi connectivity index (χ2v) is 9.87. The number of hydrogen-bond acceptors (Lipinski definition) is 1. The normalized spacial score (nSPS) is 23.1. The molecule has 1 saturated carbocycles. The van der Waals surface area contributed by atoms with Crippen molar-refractivity contribution in [3.8, 4) is 5.75 Å². The van der Waals surface area contributed by atoms with Gasteiger partial charge < -0.3 is 5.11 Å². The Morgan fingerprint density at radius 1 is 0.870 bits per heavy atom. The lowest BCUT2D eigenvalue weighted by Crippen LogP contribution is -2.19. The summed E-state index contributed by atoms with van der Waals surface area (Å²) < 4.78 is 0. The molecule has 1 aliphatic rings. The van der Waals surface area contributed by atoms with E-state index >= 15 is 0 Å². The molecule has 2 rings (SSSR count). The molecule has 1 aliphatic carbocycles. The maximum Gasteiger partial charge on any atom is 0.123 e. The summed E-state index contributed by atoms with van der Waals surface area (Å²) in [6.45, 7) is 15.6. The number of phenolic OH excluding ortho intramolecular Hbond substituents is 1. The minimum Gasteiger partial charge on any atom is -0.507 e. The van der Waals surface area contributed by atoms with E-state index in [1.807, 2.05) is 0 Å². The molecule has 0 atom stereocenters. The highest BCUT2D eigenvalue weighted by Gasteiger charge is 2.27. The van der Waals surface area contributed by atoms with Crippen LogP contribution in [0.5, 0.6) is 5.75 Å². The fourth-order valence-electron chi connectivity index (χ4n) is 3.82. The molecule has 0 radical (unpaired) electrons. The Morgan fingerprint density at radius 2 is 1.30 bits per heavy atom. The van der Waals surface area contributed by atoms with Gasteiger partial charge >= 0.3 is 0 Å². The fourth-order valence-corrected chi connectivity index (χ4v) is 3.82. The van der Waals surface area contributed by atoms with Crippen LogP contribution in [0.4, 0.5) is 0 Å². The second kappa shape index (κ2) is 6.49. The summed E-state index contributed by atoms with van der Waals surface area (Å²) in [5.41, 5.74) is 3.56. The van der Waals surface area contributed by atoms with Gasteiger partial charge in [-0.2, -0.15) is 0 Å². The van der Waals surface area contributed by atoms with Crippen LogP contribution in [-0.4, -0.2) is 5.11 Å². The van der Waals surface area contributed by atoms with E-state index in [2.05, 4.69) is 60.6 Å². The first kappa shape index (κ1) is 18.4. The van der Waals surface area contributed by atoms with Crippen LogP contribution in [0.1, 0.15) is 90.8 Å². The van der Waals surface area contributed by atoms with Gasteiger partial charge in [0.15, 0.2) is 0 Å². The van der Waals surface area contributed by atoms with Crippen molar-refractivity contribution in [2.45, 2.75) is 91.4 Å². The SMILES string of the molecule is CC1CCC(Cc2cc(C(C)(C)C)c(O)c(C(C)(C)C)c2)CC1. The van der Waals surface area contributed by atoms with E-state index < -0.39 is 0 Å². The average Bonchev–Trinajstić information content (AvgIpc) is 2.40. The van der Waals surface area contributed by atoms with Crippen molar-refractivity contribution in [1.29, 1.82) is 0 Å². The first-order valence-electron chi connectivity index (χ1n) is 9.35. The van der Waals surface area contributed by atoms with Gasteiger partial charge in [0.1, 0.15) is 5.75 Å². The zero-order valence-electron chi connectivity index (χ0n) is 16.3. The van der Waals surface area contributed by atoms with Gasteiger partial charge in [-0.15, -0.1) is 0 Å². The van der Waals surface area contributed by atoms with E-state index in [0.717, 1.165) is 23.0 Å². The standard InChI is InChI=1S/C22H36O/c1-15-8-10-16(11-9-15)12-17-13-18(21(2,3)4)20(23)19(14-17)22(5,6)7/h13-16,23H,8-12H2,1-7H3. The molecule has 0 unspecified atom stereocenters. The number of aromatic hydroxyl groups is 1. The van der Waals surface area contributed by atoms with Crippen LogP contribution in [0, 0.1) is 11.8 Å². The molecule has 1 nitrogen and oxygen atoms in total. The Labute approximate surface area is 143 Å². The van der Waals surface area contributed by atoms with Gasteiger partial charge in [0.2, 0.25) is 0 Å². The third-order valence-corrected chi connectivity index (χ3v) is 5.45. The Kier molecular flexibility index (Phi) is 5.18. The highest BCUT2D eigenvalue weighted by atomic mass is 16.3. The minimum atomic E-state index is -0.0266. The summed E-state index contributed by atoms with van der Waals surface area (Å²) in [6.07, 6.45) is 6.64. The molecular weight excluding hydrogens is 280 g/mol. The molecule has 1 aromatic rings. The largest absolute Gasteiger partial charge is 0.507 e. The van der Waals surface area contributed by atoms with E-state index in [4.69, 9.17) is 0 Å². The molecule has 1 fully saturated rings. The summed E-state index contributed by atoms with van der Waals surface area (Å²) in [5, 5.41) is 10.8. The van der Waals surface area contributed by atoms with E-state index in [9.17, 15) is 5.11 Å². The summed E-state index contributed by atoms with van der Waals surface area (Å²) in [6, 6.07) is 4.53. The fraction of sp³-hybridized carbons (Fsp3) is 0.727. The van der Waals surface area contributed by atoms with Gasteiger partial charge in [0.05, 0.1) is 0 Å². The minimum absolute atomic E-state index is 0.0266. The van der Waals surface area contributed by atoms with Crippen molar-refractivity contribution in [3.63, 3.8) is 0 Å². The quantitative estimate of drug-likeness (QED) is 0.673. The molecule has 0 aliphatic heterocycles. The first-order valence-corrected chi connectivity index (χ1v) is 9.35. The zero-order chi connectivity index (χ0) is 17.4. The molecule has 0 bridgehead atoms. The predicted octanol–water partition coefficient (Wildman–Crippen LogP) is 6.36. The van der Waals surface area contributed by atoms with E-state index in [-0.39, 0.29) is 10.8 Å². The van der Waals surface area contributed by atoms with Crippen molar-refractivity contribution in [1.82, 2.24) is 0 Å². The smallest absolute Gasteiger partial charge is 0.123 e. The molecule has 0 amide bonds. The monoisotopic (exact) mass is 316 g/mol. The van der Waals surface area contributed by atoms with E-state index in [0.29, 0.717) is 5.75 Å². The summed E-state index contributed by atoms with van der Waals surface area (Å²) in [5.74, 6) is 2.23. The van der Waals surface area contributed by atoms with Crippen LogP contribution in [0.25, 0.3) is 0 Å². The summed E-state index contributed by atoms with van der Waals surface area (Å²) in [4.78, 5) is 0. The number of phenols is 1. The molecule has 0 aromatic heterocycles. The number of benzene rings is 1. The molecule has 1 heteroatoms. The average molecular weight is 317 g/mol. The van der Waals surface area contributed by atoms with Crippen LogP contribution in [-0.2, 0) is 17.3 Å². The lowest BCUT2D eigenvalue weighted by atomic mass is 9.76. The van der Waals surface area contributed by atoms with Gasteiger partial charge in [-0.25, -0.2) is 0 Å². The Morgan fingerprint density at radius 3 is 1.70 bits per heavy atom. The first-order chi connectivity index (χ1) is 10.5. The lowest BCUT2D eigenvalue weighted by molar-refractivity contribution is 0.288. The maximum absolute atomic E-state index is 10.8. The molecule has 23 heavy (non-hydrogen) atoms. The van der Waals surface area contributed by atoms with Crippen molar-refractivity contribution in [3.05, 3.63) is 28.8 Å². The van der Waals surface area contributed by atoms with Crippen molar-refractivity contribution < 1.29 is 5.11 Å². The van der Waals surface area contributed by atoms with E-state index in [1.165, 1.54) is 37.7 Å². The molecular formula is C22H36O. The van der Waals surface area contributed by atoms with Gasteiger partial charge in [0, 0.05) is 0 Å². The maximum atomic E-state index is 10.8.